The summed E-state index contributed by atoms with van der Waals surface area (Å²) in [6.45, 7) is 1.45. The second kappa shape index (κ2) is 7.93. The number of pyridine rings is 1. The number of fused-ring (bicyclic) bond motifs is 1. The van der Waals surface area contributed by atoms with Crippen molar-refractivity contribution in [2.45, 2.75) is 44.9 Å². The highest BCUT2D eigenvalue weighted by atomic mass is 16.2. The molecule has 2 aromatic rings. The Bertz CT molecular complexity index is 976. The number of rotatable bonds is 7. The van der Waals surface area contributed by atoms with E-state index in [1.54, 1.807) is 7.05 Å². The van der Waals surface area contributed by atoms with Crippen LogP contribution in [-0.2, 0) is 6.42 Å². The molecule has 2 heterocycles. The van der Waals surface area contributed by atoms with E-state index in [1.165, 1.54) is 38.5 Å². The van der Waals surface area contributed by atoms with Gasteiger partial charge in [0, 0.05) is 26.6 Å². The lowest BCUT2D eigenvalue weighted by atomic mass is 9.49. The number of imidazole rings is 1. The summed E-state index contributed by atoms with van der Waals surface area (Å²) in [6, 6.07) is 5.53. The van der Waals surface area contributed by atoms with Crippen LogP contribution in [0.1, 0.15) is 65.2 Å². The Balaban J connectivity index is 1.42. The van der Waals surface area contributed by atoms with Crippen LogP contribution in [-0.4, -0.2) is 48.4 Å². The molecule has 4 saturated carbocycles. The molecule has 0 atom stereocenters. The maximum absolute atomic E-state index is 13.4. The summed E-state index contributed by atoms with van der Waals surface area (Å²) in [5, 5.41) is 9.08. The topological polar surface area (TPSA) is 87.5 Å². The molecule has 0 radical (unpaired) electrons. The molecule has 4 aliphatic carbocycles. The third kappa shape index (κ3) is 3.63. The summed E-state index contributed by atoms with van der Waals surface area (Å²) in [6.07, 6.45) is 8.62. The van der Waals surface area contributed by atoms with Crippen molar-refractivity contribution in [1.29, 1.82) is 0 Å². The average Bonchev–Trinajstić information content (AvgIpc) is 3.13. The van der Waals surface area contributed by atoms with Gasteiger partial charge in [0.15, 0.2) is 0 Å². The van der Waals surface area contributed by atoms with Crippen LogP contribution >= 0.6 is 0 Å². The number of hydrogen-bond acceptors (Lipinski definition) is 4. The molecule has 31 heavy (non-hydrogen) atoms. The second-order valence-electron chi connectivity index (χ2n) is 10.0. The standard InChI is InChI=1S/C24H33N5O2/c1-25-7-6-18-21(23(31)26-2)28-20-5-3-4-19(29(18)20)22(30)27-14-24-11-15-8-16(12-24)10-17(9-15)13-24/h3-5,15-17,25H,6-14H2,1-2H3,(H,26,31)(H,27,30). The van der Waals surface area contributed by atoms with Crippen LogP contribution in [0.4, 0.5) is 0 Å². The van der Waals surface area contributed by atoms with E-state index in [4.69, 9.17) is 0 Å². The van der Waals surface area contributed by atoms with Crippen molar-refractivity contribution in [3.63, 3.8) is 0 Å². The molecule has 0 unspecified atom stereocenters. The molecule has 3 N–H and O–H groups in total. The average molecular weight is 424 g/mol. The lowest BCUT2D eigenvalue weighted by Gasteiger charge is -2.56. The number of nitrogens with one attached hydrogen (secondary N) is 3. The van der Waals surface area contributed by atoms with Gasteiger partial charge in [-0.3, -0.25) is 14.0 Å². The van der Waals surface area contributed by atoms with E-state index in [1.807, 2.05) is 29.6 Å². The Kier molecular flexibility index (Phi) is 5.24. The molecule has 0 aromatic carbocycles. The molecule has 4 bridgehead atoms. The fourth-order valence-corrected chi connectivity index (χ4v) is 6.97. The molecule has 6 rings (SSSR count). The molecule has 0 spiro atoms. The van der Waals surface area contributed by atoms with Gasteiger partial charge in [-0.25, -0.2) is 4.98 Å². The molecule has 2 amide bonds. The Morgan fingerprint density at radius 3 is 2.35 bits per heavy atom. The minimum Gasteiger partial charge on any atom is -0.354 e. The van der Waals surface area contributed by atoms with Crippen LogP contribution in [0, 0.1) is 23.2 Å². The van der Waals surface area contributed by atoms with Gasteiger partial charge in [-0.05, 0) is 80.9 Å². The minimum absolute atomic E-state index is 0.0760. The predicted octanol–water partition coefficient (Wildman–Crippen LogP) is 2.40. The highest BCUT2D eigenvalue weighted by Gasteiger charge is 2.50. The van der Waals surface area contributed by atoms with Crippen molar-refractivity contribution < 1.29 is 9.59 Å². The maximum atomic E-state index is 13.4. The summed E-state index contributed by atoms with van der Waals surface area (Å²) >= 11 is 0. The van der Waals surface area contributed by atoms with Crippen LogP contribution in [0.2, 0.25) is 0 Å². The van der Waals surface area contributed by atoms with E-state index in [9.17, 15) is 9.59 Å². The van der Waals surface area contributed by atoms with E-state index in [0.717, 1.165) is 30.0 Å². The van der Waals surface area contributed by atoms with Crippen LogP contribution in [0.5, 0.6) is 0 Å². The Morgan fingerprint density at radius 1 is 1.06 bits per heavy atom. The van der Waals surface area contributed by atoms with Crippen molar-refractivity contribution in [3.8, 4) is 0 Å². The summed E-state index contributed by atoms with van der Waals surface area (Å²) in [4.78, 5) is 30.3. The number of hydrogen-bond donors (Lipinski definition) is 3. The number of likely N-dealkylation sites (N-methyl/N-ethyl adjacent to an activating group) is 1. The van der Waals surface area contributed by atoms with Crippen molar-refractivity contribution in [1.82, 2.24) is 25.3 Å². The van der Waals surface area contributed by atoms with E-state index in [0.29, 0.717) is 30.0 Å². The van der Waals surface area contributed by atoms with Gasteiger partial charge in [0.2, 0.25) is 0 Å². The molecule has 4 fully saturated rings. The molecule has 2 aromatic heterocycles. The molecule has 0 saturated heterocycles. The third-order valence-electron chi connectivity index (χ3n) is 7.81. The first-order valence-electron chi connectivity index (χ1n) is 11.7. The number of aromatic nitrogens is 2. The number of carbonyl (C=O) groups is 2. The summed E-state index contributed by atoms with van der Waals surface area (Å²) in [7, 11) is 3.48. The summed E-state index contributed by atoms with van der Waals surface area (Å²) in [5.41, 5.74) is 2.63. The maximum Gasteiger partial charge on any atom is 0.271 e. The number of amides is 2. The monoisotopic (exact) mass is 423 g/mol. The zero-order valence-electron chi connectivity index (χ0n) is 18.5. The van der Waals surface area contributed by atoms with Gasteiger partial charge in [0.25, 0.3) is 11.8 Å². The van der Waals surface area contributed by atoms with E-state index >= 15 is 0 Å². The van der Waals surface area contributed by atoms with Crippen LogP contribution in [0.15, 0.2) is 18.2 Å². The highest BCUT2D eigenvalue weighted by Crippen LogP contribution is 2.59. The molecule has 166 valence electrons. The first kappa shape index (κ1) is 20.5. The van der Waals surface area contributed by atoms with Crippen molar-refractivity contribution in [3.05, 3.63) is 35.3 Å². The van der Waals surface area contributed by atoms with Gasteiger partial charge in [-0.1, -0.05) is 6.07 Å². The van der Waals surface area contributed by atoms with E-state index in [2.05, 4.69) is 20.9 Å². The summed E-state index contributed by atoms with van der Waals surface area (Å²) < 4.78 is 1.86. The zero-order chi connectivity index (χ0) is 21.6. The molecule has 7 nitrogen and oxygen atoms in total. The highest BCUT2D eigenvalue weighted by molar-refractivity contribution is 5.96. The predicted molar refractivity (Wildman–Crippen MR) is 119 cm³/mol. The van der Waals surface area contributed by atoms with Crippen molar-refractivity contribution in [2.75, 3.05) is 27.2 Å². The van der Waals surface area contributed by atoms with Gasteiger partial charge in [0.1, 0.15) is 17.0 Å². The molecule has 4 aliphatic rings. The molecule has 0 aliphatic heterocycles. The van der Waals surface area contributed by atoms with Crippen molar-refractivity contribution >= 4 is 17.5 Å². The quantitative estimate of drug-likeness (QED) is 0.638. The fraction of sp³-hybridized carbons (Fsp3) is 0.625. The smallest absolute Gasteiger partial charge is 0.271 e. The van der Waals surface area contributed by atoms with Gasteiger partial charge < -0.3 is 16.0 Å². The van der Waals surface area contributed by atoms with Gasteiger partial charge in [-0.15, -0.1) is 0 Å². The SMILES string of the molecule is CNCCc1c(C(=O)NC)nc2cccc(C(=O)NCC34CC5CC(CC(C5)C3)C4)n12. The normalized spacial score (nSPS) is 28.8. The molecular weight excluding hydrogens is 390 g/mol. The Hall–Kier alpha value is -2.41. The fourth-order valence-electron chi connectivity index (χ4n) is 6.97. The Labute approximate surface area is 183 Å². The number of carbonyl (C=O) groups excluding carboxylic acids is 2. The van der Waals surface area contributed by atoms with Gasteiger partial charge in [-0.2, -0.15) is 0 Å². The first-order valence-corrected chi connectivity index (χ1v) is 11.7. The van der Waals surface area contributed by atoms with Crippen LogP contribution in [0.25, 0.3) is 5.65 Å². The number of nitrogens with zero attached hydrogens (tertiary/aromatic N) is 2. The van der Waals surface area contributed by atoms with Gasteiger partial charge >= 0.3 is 0 Å². The lowest BCUT2D eigenvalue weighted by Crippen LogP contribution is -2.51. The van der Waals surface area contributed by atoms with Crippen LogP contribution < -0.4 is 16.0 Å². The van der Waals surface area contributed by atoms with Crippen LogP contribution in [0.3, 0.4) is 0 Å². The molecule has 7 heteroatoms. The lowest BCUT2D eigenvalue weighted by molar-refractivity contribution is -0.0503. The Morgan fingerprint density at radius 2 is 1.74 bits per heavy atom. The van der Waals surface area contributed by atoms with E-state index < -0.39 is 0 Å². The summed E-state index contributed by atoms with van der Waals surface area (Å²) in [5.74, 6) is 2.29. The third-order valence-corrected chi connectivity index (χ3v) is 7.81. The largest absolute Gasteiger partial charge is 0.354 e. The van der Waals surface area contributed by atoms with E-state index in [-0.39, 0.29) is 17.2 Å². The minimum atomic E-state index is -0.227. The first-order chi connectivity index (χ1) is 15.0. The second-order valence-corrected chi connectivity index (χ2v) is 10.0. The van der Waals surface area contributed by atoms with Gasteiger partial charge in [0.05, 0.1) is 5.69 Å². The zero-order valence-corrected chi connectivity index (χ0v) is 18.5. The molecular formula is C24H33N5O2. The van der Waals surface area contributed by atoms with Crippen molar-refractivity contribution in [2.24, 2.45) is 23.2 Å².